The van der Waals surface area contributed by atoms with Gasteiger partial charge in [-0.2, -0.15) is 0 Å². The lowest BCUT2D eigenvalue weighted by Gasteiger charge is -2.13. The molecule has 2 N–H and O–H groups in total. The average molecular weight is 416 g/mol. The molecule has 2 amide bonds. The van der Waals surface area contributed by atoms with E-state index < -0.39 is 0 Å². The minimum Gasteiger partial charge on any atom is -0.326 e. The van der Waals surface area contributed by atoms with Crippen molar-refractivity contribution in [3.63, 3.8) is 0 Å². The first kappa shape index (κ1) is 20.1. The minimum atomic E-state index is -0.347. The van der Waals surface area contributed by atoms with Crippen LogP contribution in [0.15, 0.2) is 46.9 Å². The molecule has 146 valence electrons. The van der Waals surface area contributed by atoms with Crippen LogP contribution in [0.4, 0.5) is 11.4 Å². The van der Waals surface area contributed by atoms with Crippen molar-refractivity contribution < 1.29 is 9.59 Å². The van der Waals surface area contributed by atoms with Crippen LogP contribution in [0.25, 0.3) is 10.7 Å². The molecular formula is C19H21N5O2S2. The zero-order valence-corrected chi connectivity index (χ0v) is 17.4. The molecule has 0 saturated carbocycles. The third-order valence-electron chi connectivity index (χ3n) is 3.90. The lowest BCUT2D eigenvalue weighted by atomic mass is 10.2. The molecule has 2 aromatic heterocycles. The second-order valence-corrected chi connectivity index (χ2v) is 8.29. The third-order valence-corrected chi connectivity index (χ3v) is 5.85. The molecule has 0 fully saturated rings. The minimum absolute atomic E-state index is 0.124. The standard InChI is InChI=1S/C19H21N5O2S2/c1-4-24-17(16-6-5-11-27-16)22-23-19(24)28-12(2)18(26)21-15-9-7-14(8-10-15)20-13(3)25/h5-12H,4H2,1-3H3,(H,20,25)(H,21,26)/t12-/m0/s1. The first-order valence-electron chi connectivity index (χ1n) is 8.80. The highest BCUT2D eigenvalue weighted by atomic mass is 32.2. The Labute approximate surface area is 171 Å². The first-order valence-corrected chi connectivity index (χ1v) is 10.6. The molecule has 3 aromatic rings. The van der Waals surface area contributed by atoms with Gasteiger partial charge < -0.3 is 15.2 Å². The summed E-state index contributed by atoms with van der Waals surface area (Å²) in [5, 5.41) is 16.5. The Morgan fingerprint density at radius 1 is 1.14 bits per heavy atom. The molecule has 7 nitrogen and oxygen atoms in total. The summed E-state index contributed by atoms with van der Waals surface area (Å²) in [6.07, 6.45) is 0. The van der Waals surface area contributed by atoms with Gasteiger partial charge in [-0.3, -0.25) is 9.59 Å². The Bertz CT molecular complexity index is 951. The number of rotatable bonds is 7. The van der Waals surface area contributed by atoms with Crippen molar-refractivity contribution >= 4 is 46.3 Å². The molecule has 1 atom stereocenters. The molecule has 2 heterocycles. The largest absolute Gasteiger partial charge is 0.326 e. The molecule has 1 aromatic carbocycles. The van der Waals surface area contributed by atoms with Crippen LogP contribution in [0.2, 0.25) is 0 Å². The van der Waals surface area contributed by atoms with E-state index >= 15 is 0 Å². The molecule has 0 spiro atoms. The molecule has 0 aliphatic carbocycles. The highest BCUT2D eigenvalue weighted by molar-refractivity contribution is 8.00. The van der Waals surface area contributed by atoms with E-state index in [1.165, 1.54) is 18.7 Å². The highest BCUT2D eigenvalue weighted by Gasteiger charge is 2.20. The van der Waals surface area contributed by atoms with E-state index in [9.17, 15) is 9.59 Å². The molecule has 9 heteroatoms. The maximum absolute atomic E-state index is 12.6. The molecule has 0 radical (unpaired) electrons. The number of benzene rings is 1. The van der Waals surface area contributed by atoms with E-state index in [1.807, 2.05) is 35.9 Å². The van der Waals surface area contributed by atoms with E-state index in [4.69, 9.17) is 0 Å². The number of hydrogen-bond acceptors (Lipinski definition) is 6. The monoisotopic (exact) mass is 415 g/mol. The highest BCUT2D eigenvalue weighted by Crippen LogP contribution is 2.29. The van der Waals surface area contributed by atoms with Crippen molar-refractivity contribution in [2.75, 3.05) is 10.6 Å². The Morgan fingerprint density at radius 3 is 2.39 bits per heavy atom. The van der Waals surface area contributed by atoms with Crippen molar-refractivity contribution in [2.24, 2.45) is 0 Å². The number of anilines is 2. The summed E-state index contributed by atoms with van der Waals surface area (Å²) in [5.41, 5.74) is 1.35. The summed E-state index contributed by atoms with van der Waals surface area (Å²) in [7, 11) is 0. The van der Waals surface area contributed by atoms with Crippen LogP contribution in [0, 0.1) is 0 Å². The SMILES string of the molecule is CCn1c(S[C@@H](C)C(=O)Nc2ccc(NC(C)=O)cc2)nnc1-c1cccs1. The summed E-state index contributed by atoms with van der Waals surface area (Å²) in [6, 6.07) is 11.0. The van der Waals surface area contributed by atoms with Crippen LogP contribution >= 0.6 is 23.1 Å². The number of hydrogen-bond donors (Lipinski definition) is 2. The maximum Gasteiger partial charge on any atom is 0.237 e. The molecule has 28 heavy (non-hydrogen) atoms. The van der Waals surface area contributed by atoms with Gasteiger partial charge in [0.25, 0.3) is 0 Å². The van der Waals surface area contributed by atoms with Crippen molar-refractivity contribution in [2.45, 2.75) is 37.7 Å². The van der Waals surface area contributed by atoms with Crippen LogP contribution in [0.1, 0.15) is 20.8 Å². The molecule has 0 bridgehead atoms. The predicted octanol–water partition coefficient (Wildman–Crippen LogP) is 4.10. The lowest BCUT2D eigenvalue weighted by molar-refractivity contribution is -0.115. The Balaban J connectivity index is 1.65. The molecule has 0 unspecified atom stereocenters. The number of thioether (sulfide) groups is 1. The third kappa shape index (κ3) is 4.79. The maximum atomic E-state index is 12.6. The van der Waals surface area contributed by atoms with E-state index in [-0.39, 0.29) is 17.1 Å². The summed E-state index contributed by atoms with van der Waals surface area (Å²) < 4.78 is 2.02. The van der Waals surface area contributed by atoms with Crippen LogP contribution in [0.5, 0.6) is 0 Å². The number of carbonyl (C=O) groups is 2. The molecule has 0 aliphatic rings. The topological polar surface area (TPSA) is 88.9 Å². The fraction of sp³-hybridized carbons (Fsp3) is 0.263. The predicted molar refractivity (Wildman–Crippen MR) is 114 cm³/mol. The summed E-state index contributed by atoms with van der Waals surface area (Å²) in [6.45, 7) is 6.05. The van der Waals surface area contributed by atoms with Gasteiger partial charge >= 0.3 is 0 Å². The molecule has 0 aliphatic heterocycles. The van der Waals surface area contributed by atoms with Gasteiger partial charge in [0.2, 0.25) is 11.8 Å². The molecular weight excluding hydrogens is 394 g/mol. The van der Waals surface area contributed by atoms with E-state index in [2.05, 4.69) is 20.8 Å². The molecule has 3 rings (SSSR count). The van der Waals surface area contributed by atoms with Gasteiger partial charge in [-0.15, -0.1) is 21.5 Å². The van der Waals surface area contributed by atoms with Gasteiger partial charge in [0.1, 0.15) is 0 Å². The smallest absolute Gasteiger partial charge is 0.237 e. The van der Waals surface area contributed by atoms with Crippen molar-refractivity contribution in [1.29, 1.82) is 0 Å². The van der Waals surface area contributed by atoms with Gasteiger partial charge in [0, 0.05) is 24.8 Å². The van der Waals surface area contributed by atoms with Crippen LogP contribution in [-0.2, 0) is 16.1 Å². The van der Waals surface area contributed by atoms with Crippen molar-refractivity contribution in [1.82, 2.24) is 14.8 Å². The summed E-state index contributed by atoms with van der Waals surface area (Å²) >= 11 is 2.99. The number of amides is 2. The average Bonchev–Trinajstić information content (AvgIpc) is 3.32. The normalized spacial score (nSPS) is 11.8. The first-order chi connectivity index (χ1) is 13.5. The zero-order chi connectivity index (χ0) is 20.1. The Hall–Kier alpha value is -2.65. The number of aromatic nitrogens is 3. The van der Waals surface area contributed by atoms with E-state index in [1.54, 1.807) is 35.6 Å². The van der Waals surface area contributed by atoms with Gasteiger partial charge in [-0.25, -0.2) is 0 Å². The fourth-order valence-electron chi connectivity index (χ4n) is 2.54. The van der Waals surface area contributed by atoms with E-state index in [0.29, 0.717) is 11.4 Å². The number of nitrogens with one attached hydrogen (secondary N) is 2. The summed E-state index contributed by atoms with van der Waals surface area (Å²) in [5.74, 6) is 0.561. The van der Waals surface area contributed by atoms with Crippen LogP contribution in [-0.4, -0.2) is 31.8 Å². The Morgan fingerprint density at radius 2 is 1.82 bits per heavy atom. The van der Waals surface area contributed by atoms with Crippen LogP contribution < -0.4 is 10.6 Å². The Kier molecular flexibility index (Phi) is 6.48. The number of thiophene rings is 1. The lowest BCUT2D eigenvalue weighted by Crippen LogP contribution is -2.23. The summed E-state index contributed by atoms with van der Waals surface area (Å²) in [4.78, 5) is 24.7. The molecule has 0 saturated heterocycles. The van der Waals surface area contributed by atoms with Crippen molar-refractivity contribution in [3.8, 4) is 10.7 Å². The van der Waals surface area contributed by atoms with Crippen LogP contribution in [0.3, 0.4) is 0 Å². The van der Waals surface area contributed by atoms with Gasteiger partial charge in [0.05, 0.1) is 10.1 Å². The fourth-order valence-corrected chi connectivity index (χ4v) is 4.17. The van der Waals surface area contributed by atoms with Gasteiger partial charge in [-0.05, 0) is 49.6 Å². The number of nitrogens with zero attached hydrogens (tertiary/aromatic N) is 3. The van der Waals surface area contributed by atoms with Gasteiger partial charge in [-0.1, -0.05) is 17.8 Å². The quantitative estimate of drug-likeness (QED) is 0.567. The zero-order valence-electron chi connectivity index (χ0n) is 15.8. The second kappa shape index (κ2) is 9.03. The number of carbonyl (C=O) groups excluding carboxylic acids is 2. The van der Waals surface area contributed by atoms with E-state index in [0.717, 1.165) is 22.4 Å². The second-order valence-electron chi connectivity index (χ2n) is 6.04. The van der Waals surface area contributed by atoms with Gasteiger partial charge in [0.15, 0.2) is 11.0 Å². The van der Waals surface area contributed by atoms with Crippen molar-refractivity contribution in [3.05, 3.63) is 41.8 Å².